The van der Waals surface area contributed by atoms with Gasteiger partial charge in [-0.15, -0.1) is 0 Å². The van der Waals surface area contributed by atoms with Gasteiger partial charge in [-0.05, 0) is 45.2 Å². The van der Waals surface area contributed by atoms with Crippen LogP contribution >= 0.6 is 0 Å². The van der Waals surface area contributed by atoms with Crippen LogP contribution in [0.2, 0.25) is 0 Å². The van der Waals surface area contributed by atoms with Crippen molar-refractivity contribution in [3.05, 3.63) is 23.9 Å². The quantitative estimate of drug-likeness (QED) is 0.841. The van der Waals surface area contributed by atoms with Crippen LogP contribution in [0.1, 0.15) is 43.5 Å². The second-order valence-electron chi connectivity index (χ2n) is 6.39. The fourth-order valence-electron chi connectivity index (χ4n) is 3.44. The molecule has 1 amide bonds. The Labute approximate surface area is 132 Å². The number of hydrogen-bond acceptors (Lipinski definition) is 4. The van der Waals surface area contributed by atoms with Crippen LogP contribution in [0.5, 0.6) is 0 Å². The van der Waals surface area contributed by atoms with E-state index in [1.165, 1.54) is 19.3 Å². The second kappa shape index (κ2) is 6.65. The third kappa shape index (κ3) is 3.24. The molecule has 0 saturated carbocycles. The molecule has 2 aliphatic heterocycles. The van der Waals surface area contributed by atoms with Crippen molar-refractivity contribution in [3.63, 3.8) is 0 Å². The number of carbonyl (C=O) groups is 1. The molecule has 1 aromatic rings. The van der Waals surface area contributed by atoms with Gasteiger partial charge in [-0.1, -0.05) is 0 Å². The molecule has 2 aliphatic rings. The van der Waals surface area contributed by atoms with E-state index >= 15 is 0 Å². The zero-order valence-corrected chi connectivity index (χ0v) is 13.5. The van der Waals surface area contributed by atoms with Gasteiger partial charge in [0, 0.05) is 32.4 Å². The van der Waals surface area contributed by atoms with Gasteiger partial charge in [0.1, 0.15) is 5.82 Å². The third-order valence-electron chi connectivity index (χ3n) is 4.38. The summed E-state index contributed by atoms with van der Waals surface area (Å²) in [5.74, 6) is 0.926. The van der Waals surface area contributed by atoms with Crippen LogP contribution < -0.4 is 4.90 Å². The molecular weight excluding hydrogens is 278 g/mol. The molecule has 1 aromatic heterocycles. The monoisotopic (exact) mass is 303 g/mol. The molecule has 0 aromatic carbocycles. The number of aromatic nitrogens is 1. The standard InChI is InChI=1S/C17H25N3O2/c1-13-11-20(12-14(2)22-13)17(21)15-7-6-8-18-16(15)19-9-4-3-5-10-19/h6-8,13-14H,3-5,9-12H2,1-2H3/t13-,14-/m1/s1. The summed E-state index contributed by atoms with van der Waals surface area (Å²) in [6.07, 6.45) is 5.58. The maximum Gasteiger partial charge on any atom is 0.257 e. The fraction of sp³-hybridized carbons (Fsp3) is 0.647. The predicted molar refractivity (Wildman–Crippen MR) is 86.2 cm³/mol. The maximum absolute atomic E-state index is 13.0. The molecule has 0 radical (unpaired) electrons. The van der Waals surface area contributed by atoms with Crippen LogP contribution in [0.4, 0.5) is 5.82 Å². The Morgan fingerprint density at radius 2 is 1.86 bits per heavy atom. The summed E-state index contributed by atoms with van der Waals surface area (Å²) in [7, 11) is 0. The van der Waals surface area contributed by atoms with Gasteiger partial charge in [0.2, 0.25) is 0 Å². The van der Waals surface area contributed by atoms with Crippen LogP contribution in [0.3, 0.4) is 0 Å². The lowest BCUT2D eigenvalue weighted by atomic mass is 10.1. The first-order chi connectivity index (χ1) is 10.6. The van der Waals surface area contributed by atoms with Crippen LogP contribution in [-0.2, 0) is 4.74 Å². The van der Waals surface area contributed by atoms with E-state index in [-0.39, 0.29) is 18.1 Å². The van der Waals surface area contributed by atoms with Crippen molar-refractivity contribution in [2.45, 2.75) is 45.3 Å². The van der Waals surface area contributed by atoms with E-state index in [9.17, 15) is 4.79 Å². The number of rotatable bonds is 2. The van der Waals surface area contributed by atoms with Crippen molar-refractivity contribution >= 4 is 11.7 Å². The summed E-state index contributed by atoms with van der Waals surface area (Å²) in [6.45, 7) is 7.32. The minimum Gasteiger partial charge on any atom is -0.372 e. The molecule has 120 valence electrons. The minimum absolute atomic E-state index is 0.0793. The number of ether oxygens (including phenoxy) is 1. The zero-order valence-electron chi connectivity index (χ0n) is 13.5. The van der Waals surface area contributed by atoms with E-state index in [1.54, 1.807) is 6.20 Å². The number of hydrogen-bond donors (Lipinski definition) is 0. The normalized spacial score (nSPS) is 26.1. The second-order valence-corrected chi connectivity index (χ2v) is 6.39. The summed E-state index contributed by atoms with van der Waals surface area (Å²) in [4.78, 5) is 21.6. The highest BCUT2D eigenvalue weighted by molar-refractivity contribution is 5.99. The lowest BCUT2D eigenvalue weighted by Crippen LogP contribution is -2.48. The Hall–Kier alpha value is -1.62. The number of nitrogens with zero attached hydrogens (tertiary/aromatic N) is 3. The minimum atomic E-state index is 0.0793. The highest BCUT2D eigenvalue weighted by Crippen LogP contribution is 2.24. The van der Waals surface area contributed by atoms with Crippen molar-refractivity contribution in [1.29, 1.82) is 0 Å². The van der Waals surface area contributed by atoms with E-state index in [4.69, 9.17) is 4.74 Å². The highest BCUT2D eigenvalue weighted by atomic mass is 16.5. The number of carbonyl (C=O) groups excluding carboxylic acids is 1. The Morgan fingerprint density at radius 3 is 2.55 bits per heavy atom. The van der Waals surface area contributed by atoms with E-state index in [0.29, 0.717) is 13.1 Å². The highest BCUT2D eigenvalue weighted by Gasteiger charge is 2.29. The molecule has 3 heterocycles. The van der Waals surface area contributed by atoms with Gasteiger partial charge in [0.25, 0.3) is 5.91 Å². The number of anilines is 1. The van der Waals surface area contributed by atoms with Crippen molar-refractivity contribution in [2.75, 3.05) is 31.1 Å². The molecule has 0 unspecified atom stereocenters. The van der Waals surface area contributed by atoms with Crippen LogP contribution in [0, 0.1) is 0 Å². The van der Waals surface area contributed by atoms with Crippen LogP contribution in [0.15, 0.2) is 18.3 Å². The van der Waals surface area contributed by atoms with Gasteiger partial charge >= 0.3 is 0 Å². The van der Waals surface area contributed by atoms with Gasteiger partial charge in [-0.3, -0.25) is 4.79 Å². The van der Waals surface area contributed by atoms with E-state index < -0.39 is 0 Å². The Bertz CT molecular complexity index is 518. The molecule has 0 spiro atoms. The molecule has 0 bridgehead atoms. The molecule has 0 aliphatic carbocycles. The molecule has 2 atom stereocenters. The summed E-state index contributed by atoms with van der Waals surface area (Å²) in [6, 6.07) is 3.76. The Balaban J connectivity index is 1.82. The van der Waals surface area contributed by atoms with Gasteiger partial charge in [0.15, 0.2) is 0 Å². The van der Waals surface area contributed by atoms with Gasteiger partial charge < -0.3 is 14.5 Å². The molecule has 22 heavy (non-hydrogen) atoms. The summed E-state index contributed by atoms with van der Waals surface area (Å²) in [5, 5.41) is 0. The van der Waals surface area contributed by atoms with Crippen LogP contribution in [-0.4, -0.2) is 54.2 Å². The van der Waals surface area contributed by atoms with Crippen molar-refractivity contribution in [1.82, 2.24) is 9.88 Å². The van der Waals surface area contributed by atoms with Crippen molar-refractivity contribution in [3.8, 4) is 0 Å². The molecule has 2 fully saturated rings. The van der Waals surface area contributed by atoms with Gasteiger partial charge in [-0.25, -0.2) is 4.98 Å². The van der Waals surface area contributed by atoms with Crippen molar-refractivity contribution in [2.24, 2.45) is 0 Å². The third-order valence-corrected chi connectivity index (χ3v) is 4.38. The summed E-state index contributed by atoms with van der Waals surface area (Å²) < 4.78 is 5.73. The first-order valence-electron chi connectivity index (χ1n) is 8.30. The summed E-state index contributed by atoms with van der Waals surface area (Å²) in [5.41, 5.74) is 0.728. The number of amides is 1. The smallest absolute Gasteiger partial charge is 0.257 e. The zero-order chi connectivity index (χ0) is 15.5. The Kier molecular flexibility index (Phi) is 4.62. The van der Waals surface area contributed by atoms with E-state index in [0.717, 1.165) is 24.5 Å². The van der Waals surface area contributed by atoms with Crippen LogP contribution in [0.25, 0.3) is 0 Å². The number of pyridine rings is 1. The average Bonchev–Trinajstić information content (AvgIpc) is 2.54. The number of morpholine rings is 1. The maximum atomic E-state index is 13.0. The average molecular weight is 303 g/mol. The van der Waals surface area contributed by atoms with Crippen molar-refractivity contribution < 1.29 is 9.53 Å². The number of piperidine rings is 1. The lowest BCUT2D eigenvalue weighted by molar-refractivity contribution is -0.0586. The predicted octanol–water partition coefficient (Wildman–Crippen LogP) is 2.32. The van der Waals surface area contributed by atoms with E-state index in [2.05, 4.69) is 9.88 Å². The largest absolute Gasteiger partial charge is 0.372 e. The SMILES string of the molecule is C[C@@H]1CN(C(=O)c2cccnc2N2CCCCC2)C[C@@H](C)O1. The summed E-state index contributed by atoms with van der Waals surface area (Å²) >= 11 is 0. The van der Waals surface area contributed by atoms with E-state index in [1.807, 2.05) is 30.9 Å². The first kappa shape index (κ1) is 15.3. The molecular formula is C17H25N3O2. The Morgan fingerprint density at radius 1 is 1.18 bits per heavy atom. The molecule has 2 saturated heterocycles. The fourth-order valence-corrected chi connectivity index (χ4v) is 3.44. The van der Waals surface area contributed by atoms with Gasteiger partial charge in [0.05, 0.1) is 17.8 Å². The first-order valence-corrected chi connectivity index (χ1v) is 8.30. The topological polar surface area (TPSA) is 45.7 Å². The molecule has 5 heteroatoms. The lowest BCUT2D eigenvalue weighted by Gasteiger charge is -2.36. The molecule has 3 rings (SSSR count). The molecule has 0 N–H and O–H groups in total. The molecule has 5 nitrogen and oxygen atoms in total. The van der Waals surface area contributed by atoms with Gasteiger partial charge in [-0.2, -0.15) is 0 Å².